The zero-order chi connectivity index (χ0) is 14.2. The molecular weight excluding hydrogens is 324 g/mol. The summed E-state index contributed by atoms with van der Waals surface area (Å²) >= 11 is 3.47. The SMILES string of the molecule is Brc1ccc(C2C=Cc3ccc4cccnc4c3[N-]2)cc1. The van der Waals surface area contributed by atoms with E-state index in [1.807, 2.05) is 12.3 Å². The van der Waals surface area contributed by atoms with Gasteiger partial charge in [-0.15, -0.1) is 5.69 Å². The summed E-state index contributed by atoms with van der Waals surface area (Å²) < 4.78 is 1.08. The molecule has 0 amide bonds. The quantitative estimate of drug-likeness (QED) is 0.554. The van der Waals surface area contributed by atoms with E-state index in [9.17, 15) is 0 Å². The fourth-order valence-electron chi connectivity index (χ4n) is 2.64. The highest BCUT2D eigenvalue weighted by molar-refractivity contribution is 9.10. The number of nitrogens with zero attached hydrogens (tertiary/aromatic N) is 2. The molecule has 1 aromatic heterocycles. The van der Waals surface area contributed by atoms with Crippen molar-refractivity contribution in [2.24, 2.45) is 0 Å². The number of pyridine rings is 1. The van der Waals surface area contributed by atoms with Crippen LogP contribution in [0.2, 0.25) is 0 Å². The van der Waals surface area contributed by atoms with E-state index in [2.05, 4.69) is 75.5 Å². The van der Waals surface area contributed by atoms with Crippen LogP contribution < -0.4 is 0 Å². The van der Waals surface area contributed by atoms with E-state index in [4.69, 9.17) is 5.32 Å². The van der Waals surface area contributed by atoms with Crippen molar-refractivity contribution in [3.63, 3.8) is 0 Å². The number of fused-ring (bicyclic) bond motifs is 3. The molecule has 2 nitrogen and oxygen atoms in total. The number of rotatable bonds is 1. The van der Waals surface area contributed by atoms with Crippen LogP contribution in [0.1, 0.15) is 17.2 Å². The number of benzene rings is 2. The van der Waals surface area contributed by atoms with Crippen LogP contribution in [0.4, 0.5) is 5.69 Å². The minimum Gasteiger partial charge on any atom is -0.673 e. The van der Waals surface area contributed by atoms with Crippen LogP contribution in [0.5, 0.6) is 0 Å². The molecule has 0 aliphatic carbocycles. The predicted molar refractivity (Wildman–Crippen MR) is 90.7 cm³/mol. The number of hydrogen-bond acceptors (Lipinski definition) is 1. The van der Waals surface area contributed by atoms with Gasteiger partial charge in [-0.1, -0.05) is 70.0 Å². The van der Waals surface area contributed by atoms with Crippen molar-refractivity contribution in [1.82, 2.24) is 4.98 Å². The maximum atomic E-state index is 4.91. The minimum absolute atomic E-state index is 0.0539. The maximum absolute atomic E-state index is 4.91. The lowest BCUT2D eigenvalue weighted by Crippen LogP contribution is -1.98. The Labute approximate surface area is 131 Å². The second kappa shape index (κ2) is 5.01. The summed E-state index contributed by atoms with van der Waals surface area (Å²) in [5.41, 5.74) is 4.28. The number of hydrogen-bond donors (Lipinski definition) is 0. The summed E-state index contributed by atoms with van der Waals surface area (Å²) in [4.78, 5) is 4.50. The molecule has 1 atom stereocenters. The molecule has 102 valence electrons. The van der Waals surface area contributed by atoms with Gasteiger partial charge in [-0.25, -0.2) is 0 Å². The summed E-state index contributed by atoms with van der Waals surface area (Å²) in [6, 6.07) is 16.6. The van der Waals surface area contributed by atoms with E-state index >= 15 is 0 Å². The molecule has 0 saturated carbocycles. The molecule has 1 unspecified atom stereocenters. The van der Waals surface area contributed by atoms with Crippen molar-refractivity contribution >= 4 is 38.6 Å². The van der Waals surface area contributed by atoms with Crippen LogP contribution in [-0.2, 0) is 0 Å². The summed E-state index contributed by atoms with van der Waals surface area (Å²) in [6.07, 6.45) is 6.11. The fraction of sp³-hybridized carbons (Fsp3) is 0.0556. The van der Waals surface area contributed by atoms with Gasteiger partial charge in [-0.3, -0.25) is 4.98 Å². The van der Waals surface area contributed by atoms with Crippen molar-refractivity contribution < 1.29 is 0 Å². The average Bonchev–Trinajstić information content (AvgIpc) is 2.55. The molecule has 4 rings (SSSR count). The normalized spacial score (nSPS) is 16.5. The molecule has 1 aliphatic rings. The van der Waals surface area contributed by atoms with Gasteiger partial charge in [-0.05, 0) is 29.1 Å². The highest BCUT2D eigenvalue weighted by atomic mass is 79.9. The Morgan fingerprint density at radius 3 is 2.71 bits per heavy atom. The summed E-state index contributed by atoms with van der Waals surface area (Å²) in [5.74, 6) is 0. The Balaban J connectivity index is 1.80. The third-order valence-electron chi connectivity index (χ3n) is 3.72. The van der Waals surface area contributed by atoms with Gasteiger partial charge in [0.1, 0.15) is 0 Å². The largest absolute Gasteiger partial charge is 0.673 e. The van der Waals surface area contributed by atoms with E-state index in [-0.39, 0.29) is 6.04 Å². The first-order valence-corrected chi connectivity index (χ1v) is 7.63. The Hall–Kier alpha value is -2.13. The van der Waals surface area contributed by atoms with Crippen molar-refractivity contribution in [1.29, 1.82) is 0 Å². The summed E-state index contributed by atoms with van der Waals surface area (Å²) in [6.45, 7) is 0. The predicted octanol–water partition coefficient (Wildman–Crippen LogP) is 5.77. The van der Waals surface area contributed by atoms with Crippen molar-refractivity contribution in [2.75, 3.05) is 0 Å². The lowest BCUT2D eigenvalue weighted by molar-refractivity contribution is 1.04. The second-order valence-electron chi connectivity index (χ2n) is 5.06. The first-order chi connectivity index (χ1) is 10.3. The van der Waals surface area contributed by atoms with Gasteiger partial charge in [0.15, 0.2) is 0 Å². The van der Waals surface area contributed by atoms with E-state index < -0.39 is 0 Å². The molecule has 2 aromatic carbocycles. The van der Waals surface area contributed by atoms with Gasteiger partial charge >= 0.3 is 0 Å². The smallest absolute Gasteiger partial charge is 0.0559 e. The molecule has 0 saturated heterocycles. The van der Waals surface area contributed by atoms with E-state index in [1.165, 1.54) is 5.56 Å². The molecule has 3 heteroatoms. The van der Waals surface area contributed by atoms with E-state index in [0.29, 0.717) is 0 Å². The minimum atomic E-state index is 0.0539. The Morgan fingerprint density at radius 1 is 1.00 bits per heavy atom. The molecule has 0 radical (unpaired) electrons. The second-order valence-corrected chi connectivity index (χ2v) is 5.98. The molecule has 21 heavy (non-hydrogen) atoms. The molecule has 0 fully saturated rings. The lowest BCUT2D eigenvalue weighted by Gasteiger charge is -2.36. The zero-order valence-electron chi connectivity index (χ0n) is 11.2. The molecule has 0 bridgehead atoms. The lowest BCUT2D eigenvalue weighted by atomic mass is 9.98. The molecule has 0 spiro atoms. The first-order valence-electron chi connectivity index (χ1n) is 6.83. The van der Waals surface area contributed by atoms with Crippen molar-refractivity contribution in [2.45, 2.75) is 6.04 Å². The van der Waals surface area contributed by atoms with Crippen molar-refractivity contribution in [3.8, 4) is 0 Å². The number of aromatic nitrogens is 1. The molecular formula is C18H12BrN2-. The Bertz CT molecular complexity index is 837. The van der Waals surface area contributed by atoms with Crippen LogP contribution in [-0.4, -0.2) is 4.98 Å². The summed E-state index contributed by atoms with van der Waals surface area (Å²) in [7, 11) is 0. The van der Waals surface area contributed by atoms with Gasteiger partial charge < -0.3 is 5.32 Å². The average molecular weight is 336 g/mol. The van der Waals surface area contributed by atoms with Crippen LogP contribution in [0.3, 0.4) is 0 Å². The highest BCUT2D eigenvalue weighted by Gasteiger charge is 2.08. The van der Waals surface area contributed by atoms with Crippen LogP contribution >= 0.6 is 15.9 Å². The van der Waals surface area contributed by atoms with Crippen LogP contribution in [0.15, 0.2) is 65.3 Å². The topological polar surface area (TPSA) is 27.0 Å². The molecule has 2 heterocycles. The Kier molecular flexibility index (Phi) is 3.00. The third-order valence-corrected chi connectivity index (χ3v) is 4.25. The van der Waals surface area contributed by atoms with Gasteiger partial charge in [0.2, 0.25) is 0 Å². The fourth-order valence-corrected chi connectivity index (χ4v) is 2.90. The third kappa shape index (κ3) is 2.24. The zero-order valence-corrected chi connectivity index (χ0v) is 12.8. The molecule has 1 aliphatic heterocycles. The highest BCUT2D eigenvalue weighted by Crippen LogP contribution is 2.43. The standard InChI is InChI=1S/C18H12BrN2/c19-15-8-5-12(6-9-15)16-10-7-14-4-3-13-2-1-11-20-17(13)18(14)21-16/h1-11,16H/q-1. The van der Waals surface area contributed by atoms with Gasteiger partial charge in [0.05, 0.1) is 5.52 Å². The van der Waals surface area contributed by atoms with Crippen LogP contribution in [0.25, 0.3) is 22.3 Å². The van der Waals surface area contributed by atoms with E-state index in [1.54, 1.807) is 0 Å². The van der Waals surface area contributed by atoms with Gasteiger partial charge in [-0.2, -0.15) is 0 Å². The molecule has 0 N–H and O–H groups in total. The van der Waals surface area contributed by atoms with Gasteiger partial charge in [0.25, 0.3) is 0 Å². The van der Waals surface area contributed by atoms with Crippen molar-refractivity contribution in [3.05, 3.63) is 81.7 Å². The van der Waals surface area contributed by atoms with Crippen LogP contribution in [0, 0.1) is 0 Å². The number of halogens is 1. The van der Waals surface area contributed by atoms with Gasteiger partial charge in [0, 0.05) is 10.7 Å². The monoisotopic (exact) mass is 335 g/mol. The Morgan fingerprint density at radius 2 is 1.86 bits per heavy atom. The summed E-state index contributed by atoms with van der Waals surface area (Å²) in [5, 5.41) is 6.04. The maximum Gasteiger partial charge on any atom is 0.0559 e. The van der Waals surface area contributed by atoms with E-state index in [0.717, 1.165) is 26.6 Å². The first kappa shape index (κ1) is 12.6. The molecule has 3 aromatic rings.